The molecule has 3 saturated heterocycles. The van der Waals surface area contributed by atoms with Crippen LogP contribution in [-0.4, -0.2) is 95.1 Å². The van der Waals surface area contributed by atoms with Crippen LogP contribution >= 0.6 is 0 Å². The van der Waals surface area contributed by atoms with E-state index in [-0.39, 0.29) is 66.1 Å². The van der Waals surface area contributed by atoms with Gasteiger partial charge in [-0.2, -0.15) is 21.6 Å². The summed E-state index contributed by atoms with van der Waals surface area (Å²) in [7, 11) is -6.65. The van der Waals surface area contributed by atoms with Gasteiger partial charge in [0.1, 0.15) is 5.76 Å². The van der Waals surface area contributed by atoms with Gasteiger partial charge in [0.2, 0.25) is 0 Å². The summed E-state index contributed by atoms with van der Waals surface area (Å²) in [6.07, 6.45) is 4.17. The van der Waals surface area contributed by atoms with Gasteiger partial charge in [0.25, 0.3) is 0 Å². The van der Waals surface area contributed by atoms with Crippen molar-refractivity contribution in [2.24, 2.45) is 0 Å². The lowest BCUT2D eigenvalue weighted by molar-refractivity contribution is -0.0527. The number of halogens is 3. The maximum atomic E-state index is 11.8. The SMILES string of the molecule is CC1(C)OB(B2OC(C)(C)C(C)(C)O2)OC1(C)C.CC1(C)OB(C2=CCOCC2)OC1(C)C.O=S(=O)(OC1=CCOCC1)C(F)(F)F. The van der Waals surface area contributed by atoms with Gasteiger partial charge in [-0.05, 0) is 101 Å². The third-order valence-electron chi connectivity index (χ3n) is 9.74. The minimum atomic E-state index is -5.52. The molecule has 0 radical (unpaired) electrons. The topological polar surface area (TPSA) is 117 Å². The zero-order valence-electron chi connectivity index (χ0n) is 29.7. The van der Waals surface area contributed by atoms with E-state index < -0.39 is 29.6 Å². The van der Waals surface area contributed by atoms with E-state index in [2.05, 4.69) is 38.0 Å². The van der Waals surface area contributed by atoms with Gasteiger partial charge in [-0.25, -0.2) is 0 Å². The molecule has 18 heteroatoms. The van der Waals surface area contributed by atoms with Crippen molar-refractivity contribution in [3.8, 4) is 0 Å². The second-order valence-corrected chi connectivity index (χ2v) is 16.5. The van der Waals surface area contributed by atoms with Gasteiger partial charge in [0.15, 0.2) is 0 Å². The predicted molar refractivity (Wildman–Crippen MR) is 171 cm³/mol. The van der Waals surface area contributed by atoms with Crippen molar-refractivity contribution in [1.29, 1.82) is 0 Å². The smallest absolute Gasteiger partial charge is 0.405 e. The molecule has 0 saturated carbocycles. The Kier molecular flexibility index (Phi) is 11.9. The zero-order chi connectivity index (χ0) is 35.9. The highest BCUT2D eigenvalue weighted by Gasteiger charge is 2.63. The molecule has 5 aliphatic rings. The molecule has 0 spiro atoms. The molecule has 0 unspecified atom stereocenters. The third kappa shape index (κ3) is 9.37. The number of hydrogen-bond donors (Lipinski definition) is 0. The Balaban J connectivity index is 0.000000193. The fourth-order valence-corrected chi connectivity index (χ4v) is 5.05. The van der Waals surface area contributed by atoms with E-state index in [1.807, 2.05) is 55.4 Å². The van der Waals surface area contributed by atoms with Gasteiger partial charge in [-0.15, -0.1) is 0 Å². The number of alkyl halides is 3. The zero-order valence-corrected chi connectivity index (χ0v) is 30.5. The van der Waals surface area contributed by atoms with Crippen LogP contribution < -0.4 is 0 Å². The molecule has 11 nitrogen and oxygen atoms in total. The number of rotatable bonds is 4. The Hall–Kier alpha value is -1.11. The van der Waals surface area contributed by atoms with Crippen LogP contribution in [0, 0.1) is 0 Å². The Morgan fingerprint density at radius 3 is 1.30 bits per heavy atom. The molecule has 5 rings (SSSR count). The molecule has 268 valence electrons. The molecule has 0 aromatic carbocycles. The summed E-state index contributed by atoms with van der Waals surface area (Å²) in [6.45, 7) is 26.2. The third-order valence-corrected chi connectivity index (χ3v) is 10.7. The van der Waals surface area contributed by atoms with Crippen molar-refractivity contribution in [2.75, 3.05) is 26.4 Å². The summed E-state index contributed by atoms with van der Waals surface area (Å²) in [6, 6.07) is 0. The van der Waals surface area contributed by atoms with Crippen molar-refractivity contribution in [1.82, 2.24) is 0 Å². The van der Waals surface area contributed by atoms with Crippen molar-refractivity contribution in [3.05, 3.63) is 23.4 Å². The van der Waals surface area contributed by atoms with Gasteiger partial charge < -0.3 is 41.6 Å². The molecule has 0 aliphatic carbocycles. The minimum Gasteiger partial charge on any atom is -0.405 e. The van der Waals surface area contributed by atoms with E-state index in [9.17, 15) is 21.6 Å². The highest BCUT2D eigenvalue weighted by Crippen LogP contribution is 2.43. The lowest BCUT2D eigenvalue weighted by Gasteiger charge is -2.32. The van der Waals surface area contributed by atoms with Crippen LogP contribution in [0.3, 0.4) is 0 Å². The predicted octanol–water partition coefficient (Wildman–Crippen LogP) is 5.37. The van der Waals surface area contributed by atoms with E-state index >= 15 is 0 Å². The highest BCUT2D eigenvalue weighted by atomic mass is 32.2. The monoisotopic (exact) mass is 696 g/mol. The molecule has 0 N–H and O–H groups in total. The first-order valence-corrected chi connectivity index (χ1v) is 17.2. The van der Waals surface area contributed by atoms with Gasteiger partial charge in [-0.3, -0.25) is 0 Å². The molecule has 47 heavy (non-hydrogen) atoms. The Bertz CT molecular complexity index is 1200. The van der Waals surface area contributed by atoms with Crippen molar-refractivity contribution in [2.45, 2.75) is 135 Å². The van der Waals surface area contributed by atoms with E-state index in [0.717, 1.165) is 19.1 Å². The Labute approximate surface area is 279 Å². The van der Waals surface area contributed by atoms with Crippen molar-refractivity contribution >= 4 is 31.3 Å². The molecular formula is C29H50B3F3O11S. The molecule has 0 aromatic heterocycles. The fourth-order valence-electron chi connectivity index (χ4n) is 4.52. The van der Waals surface area contributed by atoms with Crippen LogP contribution in [0.2, 0.25) is 0 Å². The van der Waals surface area contributed by atoms with Crippen LogP contribution in [0.5, 0.6) is 0 Å². The second-order valence-electron chi connectivity index (χ2n) is 14.9. The first-order valence-electron chi connectivity index (χ1n) is 15.7. The fraction of sp³-hybridized carbons (Fsp3) is 0.862. The normalized spacial score (nSPS) is 27.2. The minimum absolute atomic E-state index is 0.0231. The largest absolute Gasteiger partial charge is 0.534 e. The van der Waals surface area contributed by atoms with E-state index in [1.165, 1.54) is 5.47 Å². The quantitative estimate of drug-likeness (QED) is 0.215. The van der Waals surface area contributed by atoms with Crippen LogP contribution in [0.25, 0.3) is 0 Å². The lowest BCUT2D eigenvalue weighted by Crippen LogP contribution is -2.41. The number of ether oxygens (including phenoxy) is 2. The van der Waals surface area contributed by atoms with Crippen molar-refractivity contribution in [3.63, 3.8) is 0 Å². The summed E-state index contributed by atoms with van der Waals surface area (Å²) < 4.78 is 106. The van der Waals surface area contributed by atoms with E-state index in [1.54, 1.807) is 0 Å². The van der Waals surface area contributed by atoms with Crippen LogP contribution in [0.15, 0.2) is 23.4 Å². The first kappa shape index (κ1) is 40.3. The first-order chi connectivity index (χ1) is 21.1. The van der Waals surface area contributed by atoms with Crippen LogP contribution in [-0.2, 0) is 51.7 Å². The van der Waals surface area contributed by atoms with Crippen molar-refractivity contribution < 1.29 is 63.2 Å². The molecule has 0 amide bonds. The Morgan fingerprint density at radius 1 is 0.617 bits per heavy atom. The maximum Gasteiger partial charge on any atom is 0.534 e. The average molecular weight is 696 g/mol. The highest BCUT2D eigenvalue weighted by molar-refractivity contribution is 7.87. The summed E-state index contributed by atoms with van der Waals surface area (Å²) >= 11 is 0. The average Bonchev–Trinajstić information content (AvgIpc) is 3.38. The molecule has 0 atom stereocenters. The molecule has 5 aliphatic heterocycles. The van der Waals surface area contributed by atoms with Gasteiger partial charge in [0, 0.05) is 6.42 Å². The summed E-state index contributed by atoms with van der Waals surface area (Å²) in [5.74, 6) is -0.228. The van der Waals surface area contributed by atoms with E-state index in [4.69, 9.17) is 37.4 Å². The van der Waals surface area contributed by atoms with Gasteiger partial charge in [-0.1, -0.05) is 6.08 Å². The second kappa shape index (κ2) is 13.9. The molecule has 5 heterocycles. The maximum absolute atomic E-state index is 11.8. The van der Waals surface area contributed by atoms with Crippen LogP contribution in [0.1, 0.15) is 95.9 Å². The summed E-state index contributed by atoms with van der Waals surface area (Å²) in [5.41, 5.74) is -6.08. The number of hydrogen-bond acceptors (Lipinski definition) is 11. The van der Waals surface area contributed by atoms with E-state index in [0.29, 0.717) is 6.61 Å². The standard InChI is InChI=1S/C12H24B2O4.C11H19BO3.C6H7F3O4S/c1-9(2)10(3,4)16-13(15-9)14-17-11(5,6)12(7,8)18-14;1-10(2)11(3,4)15-12(14-10)9-5-7-13-8-6-9;7-6(8,9)14(10,11)13-5-1-3-12-4-2-5/h1-8H3;5H,6-8H2,1-4H3;1H,2-4H2. The van der Waals surface area contributed by atoms with Crippen LogP contribution in [0.4, 0.5) is 13.2 Å². The molecule has 0 bridgehead atoms. The lowest BCUT2D eigenvalue weighted by atomic mass is 9.49. The summed E-state index contributed by atoms with van der Waals surface area (Å²) in [5, 5.41) is 0. The Morgan fingerprint density at radius 2 is 0.979 bits per heavy atom. The summed E-state index contributed by atoms with van der Waals surface area (Å²) in [4.78, 5) is 0. The van der Waals surface area contributed by atoms with Gasteiger partial charge in [0.05, 0.1) is 60.0 Å². The van der Waals surface area contributed by atoms with Gasteiger partial charge >= 0.3 is 36.8 Å². The molecular weight excluding hydrogens is 646 g/mol. The molecule has 0 aromatic rings. The molecule has 3 fully saturated rings.